The smallest absolute Gasteiger partial charge is 0.257 e. The second-order valence-corrected chi connectivity index (χ2v) is 5.40. The second kappa shape index (κ2) is 5.70. The average molecular weight is 264 g/mol. The molecule has 3 nitrogen and oxygen atoms in total. The van der Waals surface area contributed by atoms with Gasteiger partial charge in [0, 0.05) is 19.1 Å². The lowest BCUT2D eigenvalue weighted by Crippen LogP contribution is -2.51. The lowest BCUT2D eigenvalue weighted by molar-refractivity contribution is 0.0528. The number of hydrogen-bond donors (Lipinski definition) is 1. The maximum atomic E-state index is 13.8. The average Bonchev–Trinajstić information content (AvgIpc) is 2.40. The van der Waals surface area contributed by atoms with E-state index in [0.29, 0.717) is 19.0 Å². The largest absolute Gasteiger partial charge is 0.334 e. The highest BCUT2D eigenvalue weighted by Gasteiger charge is 2.32. The van der Waals surface area contributed by atoms with Crippen molar-refractivity contribution in [2.24, 2.45) is 11.7 Å². The van der Waals surface area contributed by atoms with E-state index < -0.39 is 5.82 Å². The first kappa shape index (κ1) is 14.0. The molecule has 0 spiro atoms. The Labute approximate surface area is 113 Å². The summed E-state index contributed by atoms with van der Waals surface area (Å²) < 4.78 is 13.8. The molecule has 1 aliphatic heterocycles. The van der Waals surface area contributed by atoms with Crippen LogP contribution in [0.15, 0.2) is 18.2 Å². The quantitative estimate of drug-likeness (QED) is 0.891. The number of nitrogens with two attached hydrogens (primary N) is 1. The maximum absolute atomic E-state index is 13.8. The Kier molecular flexibility index (Phi) is 4.20. The third-order valence-electron chi connectivity index (χ3n) is 3.97. The van der Waals surface area contributed by atoms with Crippen LogP contribution >= 0.6 is 0 Å². The fourth-order valence-electron chi connectivity index (χ4n) is 2.82. The fourth-order valence-corrected chi connectivity index (χ4v) is 2.82. The summed E-state index contributed by atoms with van der Waals surface area (Å²) in [7, 11) is 0. The highest BCUT2D eigenvalue weighted by Crippen LogP contribution is 2.25. The molecular weight excluding hydrogens is 243 g/mol. The molecule has 1 aromatic carbocycles. The second-order valence-electron chi connectivity index (χ2n) is 5.40. The maximum Gasteiger partial charge on any atom is 0.257 e. The number of carbonyl (C=O) groups is 1. The van der Waals surface area contributed by atoms with Gasteiger partial charge in [0.2, 0.25) is 0 Å². The Morgan fingerprint density at radius 1 is 1.53 bits per heavy atom. The van der Waals surface area contributed by atoms with Gasteiger partial charge in [-0.25, -0.2) is 4.39 Å². The molecule has 1 heterocycles. The van der Waals surface area contributed by atoms with Crippen molar-refractivity contribution in [1.29, 1.82) is 0 Å². The SMILES string of the molecule is Cc1ccc(F)c(C(=O)N2CCCC(C)C2CN)c1. The third kappa shape index (κ3) is 2.78. The first-order valence-electron chi connectivity index (χ1n) is 6.81. The van der Waals surface area contributed by atoms with Crippen LogP contribution in [0.5, 0.6) is 0 Å². The molecule has 0 bridgehead atoms. The predicted molar refractivity (Wildman–Crippen MR) is 73.4 cm³/mol. The van der Waals surface area contributed by atoms with Gasteiger partial charge < -0.3 is 10.6 Å². The van der Waals surface area contributed by atoms with Crippen LogP contribution in [0.25, 0.3) is 0 Å². The van der Waals surface area contributed by atoms with Gasteiger partial charge in [0.25, 0.3) is 5.91 Å². The zero-order valence-corrected chi connectivity index (χ0v) is 11.5. The Morgan fingerprint density at radius 3 is 2.95 bits per heavy atom. The monoisotopic (exact) mass is 264 g/mol. The van der Waals surface area contributed by atoms with Crippen LogP contribution in [0.2, 0.25) is 0 Å². The summed E-state index contributed by atoms with van der Waals surface area (Å²) in [5.41, 5.74) is 6.83. The van der Waals surface area contributed by atoms with Gasteiger partial charge in [-0.1, -0.05) is 18.6 Å². The number of nitrogens with zero attached hydrogens (tertiary/aromatic N) is 1. The van der Waals surface area contributed by atoms with Crippen molar-refractivity contribution < 1.29 is 9.18 Å². The minimum atomic E-state index is -0.454. The number of rotatable bonds is 2. The summed E-state index contributed by atoms with van der Waals surface area (Å²) >= 11 is 0. The number of hydrogen-bond acceptors (Lipinski definition) is 2. The number of piperidine rings is 1. The third-order valence-corrected chi connectivity index (χ3v) is 3.97. The molecule has 2 unspecified atom stereocenters. The van der Waals surface area contributed by atoms with E-state index >= 15 is 0 Å². The van der Waals surface area contributed by atoms with Crippen LogP contribution in [0, 0.1) is 18.7 Å². The van der Waals surface area contributed by atoms with Crippen LogP contribution < -0.4 is 5.73 Å². The summed E-state index contributed by atoms with van der Waals surface area (Å²) in [5, 5.41) is 0. The molecule has 0 radical (unpaired) electrons. The topological polar surface area (TPSA) is 46.3 Å². The van der Waals surface area contributed by atoms with Crippen molar-refractivity contribution in [3.8, 4) is 0 Å². The molecule has 0 aromatic heterocycles. The normalized spacial score (nSPS) is 23.5. The van der Waals surface area contributed by atoms with Crippen molar-refractivity contribution in [3.63, 3.8) is 0 Å². The highest BCUT2D eigenvalue weighted by atomic mass is 19.1. The van der Waals surface area contributed by atoms with Gasteiger partial charge in [-0.2, -0.15) is 0 Å². The molecule has 2 N–H and O–H groups in total. The first-order valence-corrected chi connectivity index (χ1v) is 6.81. The number of aryl methyl sites for hydroxylation is 1. The number of likely N-dealkylation sites (tertiary alicyclic amines) is 1. The summed E-state index contributed by atoms with van der Waals surface area (Å²) in [5.74, 6) is -0.316. The van der Waals surface area contributed by atoms with Gasteiger partial charge in [0.15, 0.2) is 0 Å². The zero-order chi connectivity index (χ0) is 14.0. The van der Waals surface area contributed by atoms with Gasteiger partial charge in [0.05, 0.1) is 5.56 Å². The van der Waals surface area contributed by atoms with Crippen molar-refractivity contribution in [2.75, 3.05) is 13.1 Å². The fraction of sp³-hybridized carbons (Fsp3) is 0.533. The molecule has 1 fully saturated rings. The lowest BCUT2D eigenvalue weighted by atomic mass is 9.90. The molecule has 1 aromatic rings. The molecule has 4 heteroatoms. The van der Waals surface area contributed by atoms with Gasteiger partial charge >= 0.3 is 0 Å². The molecule has 104 valence electrons. The first-order chi connectivity index (χ1) is 9.04. The van der Waals surface area contributed by atoms with E-state index in [-0.39, 0.29) is 17.5 Å². The number of amides is 1. The lowest BCUT2D eigenvalue weighted by Gasteiger charge is -2.39. The molecule has 2 rings (SSSR count). The Balaban J connectivity index is 2.29. The van der Waals surface area contributed by atoms with E-state index in [1.807, 2.05) is 6.92 Å². The molecule has 0 aliphatic carbocycles. The Morgan fingerprint density at radius 2 is 2.26 bits per heavy atom. The van der Waals surface area contributed by atoms with Gasteiger partial charge in [-0.3, -0.25) is 4.79 Å². The van der Waals surface area contributed by atoms with Gasteiger partial charge in [-0.15, -0.1) is 0 Å². The van der Waals surface area contributed by atoms with Crippen LogP contribution in [-0.2, 0) is 0 Å². The minimum absolute atomic E-state index is 0.0150. The molecule has 2 atom stereocenters. The molecule has 19 heavy (non-hydrogen) atoms. The number of halogens is 1. The predicted octanol–water partition coefficient (Wildman–Crippen LogP) is 2.33. The van der Waals surface area contributed by atoms with E-state index in [2.05, 4.69) is 6.92 Å². The van der Waals surface area contributed by atoms with Crippen molar-refractivity contribution in [2.45, 2.75) is 32.7 Å². The summed E-state index contributed by atoms with van der Waals surface area (Å²) in [4.78, 5) is 14.3. The standard InChI is InChI=1S/C15H21FN2O/c1-10-5-6-13(16)12(8-10)15(19)18-7-3-4-11(2)14(18)9-17/h5-6,8,11,14H,3-4,7,9,17H2,1-2H3. The van der Waals surface area contributed by atoms with E-state index in [1.165, 1.54) is 6.07 Å². The number of carbonyl (C=O) groups excluding carboxylic acids is 1. The van der Waals surface area contributed by atoms with E-state index in [9.17, 15) is 9.18 Å². The van der Waals surface area contributed by atoms with Crippen molar-refractivity contribution in [1.82, 2.24) is 4.90 Å². The van der Waals surface area contributed by atoms with Crippen molar-refractivity contribution >= 4 is 5.91 Å². The van der Waals surface area contributed by atoms with E-state index in [4.69, 9.17) is 5.73 Å². The van der Waals surface area contributed by atoms with Crippen molar-refractivity contribution in [3.05, 3.63) is 35.1 Å². The summed E-state index contributed by atoms with van der Waals surface area (Å²) in [6.07, 6.45) is 2.03. The molecule has 0 saturated carbocycles. The van der Waals surface area contributed by atoms with Gasteiger partial charge in [-0.05, 0) is 37.8 Å². The van der Waals surface area contributed by atoms with Gasteiger partial charge in [0.1, 0.15) is 5.82 Å². The van der Waals surface area contributed by atoms with Crippen LogP contribution in [0.4, 0.5) is 4.39 Å². The molecular formula is C15H21FN2O. The number of benzene rings is 1. The zero-order valence-electron chi connectivity index (χ0n) is 11.5. The molecule has 1 saturated heterocycles. The summed E-state index contributed by atoms with van der Waals surface area (Å²) in [6, 6.07) is 4.66. The molecule has 1 amide bonds. The van der Waals surface area contributed by atoms with Crippen LogP contribution in [0.3, 0.4) is 0 Å². The summed E-state index contributed by atoms with van der Waals surface area (Å²) in [6.45, 7) is 5.05. The minimum Gasteiger partial charge on any atom is -0.334 e. The molecule has 1 aliphatic rings. The van der Waals surface area contributed by atoms with Crippen LogP contribution in [0.1, 0.15) is 35.7 Å². The highest BCUT2D eigenvalue weighted by molar-refractivity contribution is 5.95. The Bertz CT molecular complexity index is 475. The van der Waals surface area contributed by atoms with E-state index in [1.54, 1.807) is 17.0 Å². The Hall–Kier alpha value is -1.42. The van der Waals surface area contributed by atoms with E-state index in [0.717, 1.165) is 18.4 Å². The van der Waals surface area contributed by atoms with Crippen LogP contribution in [-0.4, -0.2) is 29.9 Å².